The second-order valence-electron chi connectivity index (χ2n) is 2.82. The molecule has 1 rings (SSSR count). The first-order valence-electron chi connectivity index (χ1n) is 4.47. The van der Waals surface area contributed by atoms with Gasteiger partial charge in [0.1, 0.15) is 12.1 Å². The zero-order chi connectivity index (χ0) is 9.52. The average Bonchev–Trinajstić information content (AvgIpc) is 2.19. The van der Waals surface area contributed by atoms with Crippen molar-refractivity contribution in [2.75, 3.05) is 11.9 Å². The van der Waals surface area contributed by atoms with Crippen LogP contribution in [0.2, 0.25) is 0 Å². The van der Waals surface area contributed by atoms with Gasteiger partial charge < -0.3 is 5.32 Å². The smallest absolute Gasteiger partial charge is 0.129 e. The standard InChI is InChI=1S/C9H14ClN3/c1-2-8(10)3-6-12-9-4-5-11-7-13-9/h4-5,7-8H,2-3,6H2,1H3,(H,11,12,13). The van der Waals surface area contributed by atoms with E-state index in [0.29, 0.717) is 0 Å². The molecule has 1 aromatic heterocycles. The van der Waals surface area contributed by atoms with Crippen LogP contribution in [-0.4, -0.2) is 21.9 Å². The van der Waals surface area contributed by atoms with E-state index in [0.717, 1.165) is 25.2 Å². The van der Waals surface area contributed by atoms with E-state index in [4.69, 9.17) is 11.6 Å². The van der Waals surface area contributed by atoms with Crippen LogP contribution in [0.1, 0.15) is 19.8 Å². The van der Waals surface area contributed by atoms with Crippen LogP contribution in [0.4, 0.5) is 5.82 Å². The third-order valence-electron chi connectivity index (χ3n) is 1.79. The molecule has 0 fully saturated rings. The van der Waals surface area contributed by atoms with Crippen molar-refractivity contribution in [1.29, 1.82) is 0 Å². The van der Waals surface area contributed by atoms with Crippen molar-refractivity contribution in [3.05, 3.63) is 18.6 Å². The van der Waals surface area contributed by atoms with E-state index in [9.17, 15) is 0 Å². The molecular formula is C9H14ClN3. The van der Waals surface area contributed by atoms with Crippen molar-refractivity contribution >= 4 is 17.4 Å². The van der Waals surface area contributed by atoms with Crippen LogP contribution < -0.4 is 5.32 Å². The zero-order valence-electron chi connectivity index (χ0n) is 7.70. The molecule has 1 heterocycles. The average molecular weight is 200 g/mol. The van der Waals surface area contributed by atoms with Crippen LogP contribution in [0.15, 0.2) is 18.6 Å². The van der Waals surface area contributed by atoms with Gasteiger partial charge in [0.05, 0.1) is 0 Å². The second-order valence-corrected chi connectivity index (χ2v) is 3.43. The lowest BCUT2D eigenvalue weighted by molar-refractivity contribution is 0.752. The van der Waals surface area contributed by atoms with Gasteiger partial charge in [0.25, 0.3) is 0 Å². The van der Waals surface area contributed by atoms with Crippen molar-refractivity contribution in [3.63, 3.8) is 0 Å². The molecule has 0 radical (unpaired) electrons. The zero-order valence-corrected chi connectivity index (χ0v) is 8.46. The maximum atomic E-state index is 5.96. The molecule has 0 saturated heterocycles. The molecule has 1 aromatic rings. The number of anilines is 1. The largest absolute Gasteiger partial charge is 0.370 e. The summed E-state index contributed by atoms with van der Waals surface area (Å²) in [6.45, 7) is 2.95. The summed E-state index contributed by atoms with van der Waals surface area (Å²) in [7, 11) is 0. The lowest BCUT2D eigenvalue weighted by Gasteiger charge is -2.07. The first-order valence-corrected chi connectivity index (χ1v) is 4.90. The molecule has 0 saturated carbocycles. The summed E-state index contributed by atoms with van der Waals surface area (Å²) in [6.07, 6.45) is 5.21. The number of hydrogen-bond acceptors (Lipinski definition) is 3. The van der Waals surface area contributed by atoms with Gasteiger partial charge in [0.2, 0.25) is 0 Å². The minimum atomic E-state index is 0.259. The third-order valence-corrected chi connectivity index (χ3v) is 2.32. The quantitative estimate of drug-likeness (QED) is 0.740. The molecule has 1 atom stereocenters. The Bertz CT molecular complexity index is 228. The lowest BCUT2D eigenvalue weighted by Crippen LogP contribution is -2.08. The van der Waals surface area contributed by atoms with Gasteiger partial charge >= 0.3 is 0 Å². The number of nitrogens with one attached hydrogen (secondary N) is 1. The second kappa shape index (κ2) is 5.75. The molecular weight excluding hydrogens is 186 g/mol. The van der Waals surface area contributed by atoms with Gasteiger partial charge in [-0.15, -0.1) is 11.6 Å². The number of aromatic nitrogens is 2. The van der Waals surface area contributed by atoms with Gasteiger partial charge in [-0.25, -0.2) is 9.97 Å². The summed E-state index contributed by atoms with van der Waals surface area (Å²) in [5, 5.41) is 3.43. The van der Waals surface area contributed by atoms with Crippen LogP contribution in [0.25, 0.3) is 0 Å². The van der Waals surface area contributed by atoms with Crippen LogP contribution in [0.5, 0.6) is 0 Å². The highest BCUT2D eigenvalue weighted by atomic mass is 35.5. The monoisotopic (exact) mass is 199 g/mol. The number of alkyl halides is 1. The van der Waals surface area contributed by atoms with Gasteiger partial charge in [0.15, 0.2) is 0 Å². The first-order chi connectivity index (χ1) is 6.33. The predicted molar refractivity (Wildman–Crippen MR) is 55.1 cm³/mol. The Morgan fingerprint density at radius 3 is 3.08 bits per heavy atom. The highest BCUT2D eigenvalue weighted by molar-refractivity contribution is 6.20. The Kier molecular flexibility index (Phi) is 4.54. The van der Waals surface area contributed by atoms with Gasteiger partial charge in [-0.3, -0.25) is 0 Å². The van der Waals surface area contributed by atoms with Gasteiger partial charge in [-0.1, -0.05) is 6.92 Å². The normalized spacial score (nSPS) is 12.5. The van der Waals surface area contributed by atoms with Crippen LogP contribution in [0.3, 0.4) is 0 Å². The molecule has 0 bridgehead atoms. The fraction of sp³-hybridized carbons (Fsp3) is 0.556. The van der Waals surface area contributed by atoms with Crippen molar-refractivity contribution < 1.29 is 0 Å². The van der Waals surface area contributed by atoms with Crippen LogP contribution in [0, 0.1) is 0 Å². The van der Waals surface area contributed by atoms with Gasteiger partial charge in [-0.2, -0.15) is 0 Å². The highest BCUT2D eigenvalue weighted by Crippen LogP contribution is 2.06. The molecule has 4 heteroatoms. The number of nitrogens with zero attached hydrogens (tertiary/aromatic N) is 2. The number of hydrogen-bond donors (Lipinski definition) is 1. The summed E-state index contributed by atoms with van der Waals surface area (Å²) in [5.74, 6) is 0.856. The molecule has 0 aliphatic heterocycles. The molecule has 0 aliphatic carbocycles. The van der Waals surface area contributed by atoms with E-state index in [1.165, 1.54) is 6.33 Å². The minimum absolute atomic E-state index is 0.259. The van der Waals surface area contributed by atoms with E-state index in [1.54, 1.807) is 6.20 Å². The van der Waals surface area contributed by atoms with E-state index in [2.05, 4.69) is 22.2 Å². The van der Waals surface area contributed by atoms with E-state index < -0.39 is 0 Å². The van der Waals surface area contributed by atoms with Crippen LogP contribution >= 0.6 is 11.6 Å². The molecule has 0 aromatic carbocycles. The van der Waals surface area contributed by atoms with E-state index in [1.807, 2.05) is 6.07 Å². The maximum Gasteiger partial charge on any atom is 0.129 e. The van der Waals surface area contributed by atoms with Crippen molar-refractivity contribution in [2.45, 2.75) is 25.1 Å². The molecule has 72 valence electrons. The fourth-order valence-corrected chi connectivity index (χ4v) is 1.07. The Labute approximate surface area is 83.5 Å². The summed E-state index contributed by atoms with van der Waals surface area (Å²) < 4.78 is 0. The SMILES string of the molecule is CCC(Cl)CCNc1ccncn1. The van der Waals surface area contributed by atoms with Crippen LogP contribution in [-0.2, 0) is 0 Å². The molecule has 1 N–H and O–H groups in total. The number of rotatable bonds is 5. The summed E-state index contributed by atoms with van der Waals surface area (Å²) in [5.41, 5.74) is 0. The summed E-state index contributed by atoms with van der Waals surface area (Å²) >= 11 is 5.96. The molecule has 1 unspecified atom stereocenters. The molecule has 3 nitrogen and oxygen atoms in total. The Morgan fingerprint density at radius 2 is 2.46 bits per heavy atom. The summed E-state index contributed by atoms with van der Waals surface area (Å²) in [4.78, 5) is 7.86. The molecule has 0 amide bonds. The molecule has 0 spiro atoms. The first kappa shape index (κ1) is 10.3. The Morgan fingerprint density at radius 1 is 1.62 bits per heavy atom. The lowest BCUT2D eigenvalue weighted by atomic mass is 10.2. The maximum absolute atomic E-state index is 5.96. The van der Waals surface area contributed by atoms with Crippen molar-refractivity contribution in [2.24, 2.45) is 0 Å². The topological polar surface area (TPSA) is 37.8 Å². The van der Waals surface area contributed by atoms with E-state index >= 15 is 0 Å². The highest BCUT2D eigenvalue weighted by Gasteiger charge is 1.99. The number of halogens is 1. The Balaban J connectivity index is 2.20. The fourth-order valence-electron chi connectivity index (χ4n) is 0.956. The van der Waals surface area contributed by atoms with Crippen molar-refractivity contribution in [1.82, 2.24) is 9.97 Å². The molecule has 0 aliphatic rings. The third kappa shape index (κ3) is 4.08. The molecule has 13 heavy (non-hydrogen) atoms. The summed E-state index contributed by atoms with van der Waals surface area (Å²) in [6, 6.07) is 1.84. The van der Waals surface area contributed by atoms with Crippen molar-refractivity contribution in [3.8, 4) is 0 Å². The Hall–Kier alpha value is -0.830. The van der Waals surface area contributed by atoms with Gasteiger partial charge in [0, 0.05) is 18.1 Å². The van der Waals surface area contributed by atoms with E-state index in [-0.39, 0.29) is 5.38 Å². The minimum Gasteiger partial charge on any atom is -0.370 e. The van der Waals surface area contributed by atoms with Gasteiger partial charge in [-0.05, 0) is 18.9 Å². The predicted octanol–water partition coefficient (Wildman–Crippen LogP) is 2.30.